The number of carbonyl (C=O) groups excluding carboxylic acids is 2. The van der Waals surface area contributed by atoms with Gasteiger partial charge in [0, 0.05) is 18.3 Å². The molecule has 2 N–H and O–H groups in total. The van der Waals surface area contributed by atoms with Crippen molar-refractivity contribution in [3.05, 3.63) is 47.1 Å². The average Bonchev–Trinajstić information content (AvgIpc) is 2.80. The van der Waals surface area contributed by atoms with Gasteiger partial charge in [-0.25, -0.2) is 4.98 Å². The quantitative estimate of drug-likeness (QED) is 0.441. The summed E-state index contributed by atoms with van der Waals surface area (Å²) >= 11 is 6.48. The number of rotatable bonds is 7. The molecule has 4 saturated carbocycles. The van der Waals surface area contributed by atoms with Crippen molar-refractivity contribution in [2.24, 2.45) is 23.2 Å². The highest BCUT2D eigenvalue weighted by atomic mass is 35.5. The number of nitrogens with zero attached hydrogens (tertiary/aromatic N) is 1. The molecule has 1 aromatic heterocycles. The fourth-order valence-corrected chi connectivity index (χ4v) is 7.25. The Bertz CT molecular complexity index is 1120. The average molecular weight is 510 g/mol. The zero-order valence-electron chi connectivity index (χ0n) is 21.4. The number of halogens is 1. The summed E-state index contributed by atoms with van der Waals surface area (Å²) in [7, 11) is 0. The summed E-state index contributed by atoms with van der Waals surface area (Å²) in [5, 5.41) is 6.74. The van der Waals surface area contributed by atoms with E-state index < -0.39 is 5.60 Å². The molecular formula is C29H36ClN3O3. The second kappa shape index (κ2) is 9.70. The maximum Gasteiger partial charge on any atom is 0.325 e. The van der Waals surface area contributed by atoms with Gasteiger partial charge < -0.3 is 15.4 Å². The molecule has 6 rings (SSSR count). The molecule has 0 atom stereocenters. The molecule has 0 unspecified atom stereocenters. The van der Waals surface area contributed by atoms with Crippen LogP contribution in [0.3, 0.4) is 0 Å². The normalized spacial score (nSPS) is 26.5. The van der Waals surface area contributed by atoms with Crippen LogP contribution in [0.4, 0.5) is 5.82 Å². The molecule has 0 radical (unpaired) electrons. The number of hydrogen-bond donors (Lipinski definition) is 2. The van der Waals surface area contributed by atoms with Gasteiger partial charge in [-0.1, -0.05) is 17.7 Å². The van der Waals surface area contributed by atoms with Crippen molar-refractivity contribution in [1.82, 2.24) is 10.3 Å². The van der Waals surface area contributed by atoms with E-state index in [4.69, 9.17) is 16.3 Å². The summed E-state index contributed by atoms with van der Waals surface area (Å²) in [5.41, 5.74) is 1.75. The van der Waals surface area contributed by atoms with Crippen molar-refractivity contribution in [3.8, 4) is 11.1 Å². The Balaban J connectivity index is 1.29. The summed E-state index contributed by atoms with van der Waals surface area (Å²) < 4.78 is 5.39. The van der Waals surface area contributed by atoms with Gasteiger partial charge in [-0.3, -0.25) is 9.59 Å². The smallest absolute Gasteiger partial charge is 0.325 e. The minimum absolute atomic E-state index is 0.00667. The molecule has 36 heavy (non-hydrogen) atoms. The van der Waals surface area contributed by atoms with E-state index in [2.05, 4.69) is 15.6 Å². The van der Waals surface area contributed by atoms with Crippen molar-refractivity contribution in [2.75, 3.05) is 18.4 Å². The lowest BCUT2D eigenvalue weighted by Crippen LogP contribution is -2.51. The van der Waals surface area contributed by atoms with Gasteiger partial charge in [0.2, 0.25) is 0 Å². The first-order valence-corrected chi connectivity index (χ1v) is 13.5. The molecule has 4 aliphatic carbocycles. The summed E-state index contributed by atoms with van der Waals surface area (Å²) in [6, 6.07) is 9.17. The molecule has 1 aromatic carbocycles. The molecule has 1 heterocycles. The topological polar surface area (TPSA) is 80.3 Å². The Labute approximate surface area is 218 Å². The SMILES string of the molecule is CC(C)(C)OC(=O)CNc1ncccc1-c1ccc(Cl)c(C(=O)NCC23CC4CC(CC(C4)C2)C3)c1. The van der Waals surface area contributed by atoms with Crippen LogP contribution in [0.15, 0.2) is 36.5 Å². The number of anilines is 1. The Morgan fingerprint density at radius 2 is 1.75 bits per heavy atom. The van der Waals surface area contributed by atoms with Crippen molar-refractivity contribution < 1.29 is 14.3 Å². The minimum atomic E-state index is -0.555. The second-order valence-electron chi connectivity index (χ2n) is 12.1. The third-order valence-corrected chi connectivity index (χ3v) is 8.27. The Morgan fingerprint density at radius 3 is 2.39 bits per heavy atom. The largest absolute Gasteiger partial charge is 0.459 e. The van der Waals surface area contributed by atoms with Gasteiger partial charge in [-0.15, -0.1) is 0 Å². The molecule has 7 heteroatoms. The van der Waals surface area contributed by atoms with Crippen molar-refractivity contribution in [3.63, 3.8) is 0 Å². The molecule has 0 aliphatic heterocycles. The van der Waals surface area contributed by atoms with Gasteiger partial charge in [-0.2, -0.15) is 0 Å². The third-order valence-electron chi connectivity index (χ3n) is 7.94. The molecule has 4 fully saturated rings. The monoisotopic (exact) mass is 509 g/mol. The zero-order valence-corrected chi connectivity index (χ0v) is 22.2. The minimum Gasteiger partial charge on any atom is -0.459 e. The van der Waals surface area contributed by atoms with Gasteiger partial charge >= 0.3 is 5.97 Å². The number of aromatic nitrogens is 1. The first kappa shape index (κ1) is 25.1. The van der Waals surface area contributed by atoms with Crippen LogP contribution in [0.25, 0.3) is 11.1 Å². The van der Waals surface area contributed by atoms with Gasteiger partial charge in [0.1, 0.15) is 18.0 Å². The molecule has 1 amide bonds. The van der Waals surface area contributed by atoms with Gasteiger partial charge in [0.25, 0.3) is 5.91 Å². The summed E-state index contributed by atoms with van der Waals surface area (Å²) in [6.45, 7) is 6.22. The van der Waals surface area contributed by atoms with Crippen molar-refractivity contribution in [1.29, 1.82) is 0 Å². The van der Waals surface area contributed by atoms with Crippen molar-refractivity contribution in [2.45, 2.75) is 64.9 Å². The number of benzene rings is 1. The molecule has 4 bridgehead atoms. The molecule has 6 nitrogen and oxygen atoms in total. The first-order chi connectivity index (χ1) is 17.1. The fourth-order valence-electron chi connectivity index (χ4n) is 7.05. The molecule has 0 saturated heterocycles. The van der Waals surface area contributed by atoms with E-state index in [-0.39, 0.29) is 23.8 Å². The summed E-state index contributed by atoms with van der Waals surface area (Å²) in [6.07, 6.45) is 9.56. The number of hydrogen-bond acceptors (Lipinski definition) is 5. The van der Waals surface area contributed by atoms with E-state index in [1.165, 1.54) is 38.5 Å². The molecule has 192 valence electrons. The van der Waals surface area contributed by atoms with Gasteiger partial charge in [-0.05, 0) is 112 Å². The number of nitrogens with one attached hydrogen (secondary N) is 2. The lowest BCUT2D eigenvalue weighted by atomic mass is 9.49. The van der Waals surface area contributed by atoms with Gasteiger partial charge in [0.05, 0.1) is 10.6 Å². The second-order valence-corrected chi connectivity index (χ2v) is 12.5. The Morgan fingerprint density at radius 1 is 1.08 bits per heavy atom. The van der Waals surface area contributed by atoms with Crippen LogP contribution in [0.1, 0.15) is 69.7 Å². The predicted molar refractivity (Wildman–Crippen MR) is 142 cm³/mol. The lowest BCUT2D eigenvalue weighted by Gasteiger charge is -2.56. The van der Waals surface area contributed by atoms with Crippen molar-refractivity contribution >= 4 is 29.3 Å². The molecular weight excluding hydrogens is 474 g/mol. The predicted octanol–water partition coefficient (Wildman–Crippen LogP) is 6.10. The van der Waals surface area contributed by atoms with E-state index in [0.29, 0.717) is 16.4 Å². The Hall–Kier alpha value is -2.60. The van der Waals surface area contributed by atoms with E-state index in [1.54, 1.807) is 12.3 Å². The maximum absolute atomic E-state index is 13.3. The highest BCUT2D eigenvalue weighted by molar-refractivity contribution is 6.34. The van der Waals surface area contributed by atoms with Crippen LogP contribution in [0.5, 0.6) is 0 Å². The van der Waals surface area contributed by atoms with Crippen LogP contribution in [0.2, 0.25) is 5.02 Å². The van der Waals surface area contributed by atoms with E-state index in [1.807, 2.05) is 45.0 Å². The number of ether oxygens (including phenoxy) is 1. The van der Waals surface area contributed by atoms with E-state index >= 15 is 0 Å². The highest BCUT2D eigenvalue weighted by Gasteiger charge is 2.50. The maximum atomic E-state index is 13.3. The molecule has 0 spiro atoms. The fraction of sp³-hybridized carbons (Fsp3) is 0.552. The number of amides is 1. The van der Waals surface area contributed by atoms with E-state index in [0.717, 1.165) is 35.4 Å². The van der Waals surface area contributed by atoms with Gasteiger partial charge in [0.15, 0.2) is 0 Å². The van der Waals surface area contributed by atoms with Crippen LogP contribution in [-0.2, 0) is 9.53 Å². The standard InChI is InChI=1S/C29H36ClN3O3/c1-28(2,3)36-25(34)16-32-26-22(5-4-8-31-26)21-6-7-24(30)23(12-21)27(35)33-17-29-13-18-9-19(14-29)11-20(10-18)15-29/h4-8,12,18-20H,9-11,13-17H2,1-3H3,(H,31,32)(H,33,35). The highest BCUT2D eigenvalue weighted by Crippen LogP contribution is 2.59. The summed E-state index contributed by atoms with van der Waals surface area (Å²) in [5.74, 6) is 2.59. The summed E-state index contributed by atoms with van der Waals surface area (Å²) in [4.78, 5) is 29.9. The van der Waals surface area contributed by atoms with Crippen LogP contribution in [0, 0.1) is 23.2 Å². The lowest BCUT2D eigenvalue weighted by molar-refractivity contribution is -0.152. The van der Waals surface area contributed by atoms with E-state index in [9.17, 15) is 9.59 Å². The molecule has 4 aliphatic rings. The zero-order chi connectivity index (χ0) is 25.5. The Kier molecular flexibility index (Phi) is 6.75. The van der Waals surface area contributed by atoms with Crippen LogP contribution >= 0.6 is 11.6 Å². The first-order valence-electron chi connectivity index (χ1n) is 13.1. The van der Waals surface area contributed by atoms with Crippen LogP contribution < -0.4 is 10.6 Å². The third kappa shape index (κ3) is 5.54. The van der Waals surface area contributed by atoms with Crippen LogP contribution in [-0.4, -0.2) is 35.6 Å². The number of esters is 1. The number of carbonyl (C=O) groups is 2. The number of pyridine rings is 1. The molecule has 2 aromatic rings.